The second-order valence-electron chi connectivity index (χ2n) is 7.89. The highest BCUT2D eigenvalue weighted by molar-refractivity contribution is 6.03. The summed E-state index contributed by atoms with van der Waals surface area (Å²) in [5.41, 5.74) is 2.12. The molecule has 0 saturated carbocycles. The number of para-hydroxylation sites is 2. The highest BCUT2D eigenvalue weighted by Crippen LogP contribution is 2.32. The average Bonchev–Trinajstić information content (AvgIpc) is 3.37. The third kappa shape index (κ3) is 3.17. The van der Waals surface area contributed by atoms with Crippen LogP contribution in [-0.4, -0.2) is 65.9 Å². The first-order valence-corrected chi connectivity index (χ1v) is 10.1. The lowest BCUT2D eigenvalue weighted by atomic mass is 10.0. The van der Waals surface area contributed by atoms with Crippen molar-refractivity contribution in [2.24, 2.45) is 5.92 Å². The van der Waals surface area contributed by atoms with Gasteiger partial charge in [-0.3, -0.25) is 14.3 Å². The number of hydrogen-bond donors (Lipinski definition) is 0. The Labute approximate surface area is 169 Å². The molecule has 1 saturated heterocycles. The summed E-state index contributed by atoms with van der Waals surface area (Å²) in [5, 5.41) is 4.55. The maximum Gasteiger partial charge on any atom is 0.275 e. The summed E-state index contributed by atoms with van der Waals surface area (Å²) < 4.78 is 13.2. The number of nitrogens with zero attached hydrogens (tertiary/aromatic N) is 4. The molecule has 1 aromatic carbocycles. The Morgan fingerprint density at radius 1 is 1.21 bits per heavy atom. The molecule has 8 nitrogen and oxygen atoms in total. The smallest absolute Gasteiger partial charge is 0.275 e. The zero-order valence-corrected chi connectivity index (χ0v) is 16.4. The van der Waals surface area contributed by atoms with Crippen LogP contribution in [0.5, 0.6) is 5.75 Å². The van der Waals surface area contributed by atoms with Gasteiger partial charge in [-0.15, -0.1) is 0 Å². The van der Waals surface area contributed by atoms with E-state index in [1.54, 1.807) is 16.8 Å². The molecular weight excluding hydrogens is 372 g/mol. The highest BCUT2D eigenvalue weighted by atomic mass is 16.5. The Hall–Kier alpha value is -2.87. The SMILES string of the molecule is CN1C(=O)[C@@H](N2CCc3cn(CC4CCOC4)nc3C2=O)COc2ccccc21. The van der Waals surface area contributed by atoms with E-state index in [2.05, 4.69) is 5.10 Å². The van der Waals surface area contributed by atoms with E-state index in [4.69, 9.17) is 9.47 Å². The van der Waals surface area contributed by atoms with Crippen molar-refractivity contribution < 1.29 is 19.1 Å². The fourth-order valence-corrected chi connectivity index (χ4v) is 4.35. The zero-order valence-electron chi connectivity index (χ0n) is 16.4. The molecule has 0 radical (unpaired) electrons. The number of rotatable bonds is 3. The number of hydrogen-bond acceptors (Lipinski definition) is 5. The van der Waals surface area contributed by atoms with Crippen molar-refractivity contribution in [2.45, 2.75) is 25.4 Å². The summed E-state index contributed by atoms with van der Waals surface area (Å²) in [7, 11) is 1.72. The predicted octanol–water partition coefficient (Wildman–Crippen LogP) is 1.34. The van der Waals surface area contributed by atoms with Gasteiger partial charge in [0.15, 0.2) is 5.69 Å². The summed E-state index contributed by atoms with van der Waals surface area (Å²) in [5.74, 6) is 0.744. The van der Waals surface area contributed by atoms with Crippen molar-refractivity contribution in [3.8, 4) is 5.75 Å². The van der Waals surface area contributed by atoms with Crippen LogP contribution in [0.3, 0.4) is 0 Å². The van der Waals surface area contributed by atoms with Crippen LogP contribution < -0.4 is 9.64 Å². The van der Waals surface area contributed by atoms with Crippen molar-refractivity contribution in [3.63, 3.8) is 0 Å². The minimum Gasteiger partial charge on any atom is -0.489 e. The standard InChI is InChI=1S/C21H24N4O4/c1-23-16-4-2-3-5-18(16)29-13-17(20(23)26)25-8-6-15-11-24(22-19(15)21(25)27)10-14-7-9-28-12-14/h2-5,11,14,17H,6-10,12-13H2,1H3/t14?,17-/m0/s1. The molecule has 4 heterocycles. The third-order valence-electron chi connectivity index (χ3n) is 6.01. The lowest BCUT2D eigenvalue weighted by Gasteiger charge is -2.33. The van der Waals surface area contributed by atoms with Gasteiger partial charge < -0.3 is 19.3 Å². The van der Waals surface area contributed by atoms with E-state index >= 15 is 0 Å². The lowest BCUT2D eigenvalue weighted by molar-refractivity contribution is -0.123. The Kier molecular flexibility index (Phi) is 4.50. The molecular formula is C21H24N4O4. The molecule has 1 unspecified atom stereocenters. The van der Waals surface area contributed by atoms with Gasteiger partial charge in [0.2, 0.25) is 0 Å². The van der Waals surface area contributed by atoms with E-state index < -0.39 is 6.04 Å². The third-order valence-corrected chi connectivity index (χ3v) is 6.01. The molecule has 2 atom stereocenters. The lowest BCUT2D eigenvalue weighted by Crippen LogP contribution is -2.54. The van der Waals surface area contributed by atoms with Gasteiger partial charge in [-0.1, -0.05) is 12.1 Å². The first-order valence-electron chi connectivity index (χ1n) is 10.1. The van der Waals surface area contributed by atoms with Crippen molar-refractivity contribution >= 4 is 17.5 Å². The quantitative estimate of drug-likeness (QED) is 0.783. The number of carbonyl (C=O) groups is 2. The summed E-state index contributed by atoms with van der Waals surface area (Å²) in [6.45, 7) is 2.91. The number of likely N-dealkylation sites (N-methyl/N-ethyl adjacent to an activating group) is 1. The van der Waals surface area contributed by atoms with Crippen molar-refractivity contribution in [1.29, 1.82) is 0 Å². The van der Waals surface area contributed by atoms with Crippen LogP contribution in [0.25, 0.3) is 0 Å². The van der Waals surface area contributed by atoms with Gasteiger partial charge in [0.25, 0.3) is 11.8 Å². The number of amides is 2. The minimum absolute atomic E-state index is 0.140. The number of aromatic nitrogens is 2. The molecule has 1 fully saturated rings. The second kappa shape index (κ2) is 7.18. The van der Waals surface area contributed by atoms with E-state index in [1.165, 1.54) is 0 Å². The van der Waals surface area contributed by atoms with Crippen LogP contribution in [0.1, 0.15) is 22.5 Å². The van der Waals surface area contributed by atoms with Crippen LogP contribution in [0.2, 0.25) is 0 Å². The first-order chi connectivity index (χ1) is 14.1. The molecule has 29 heavy (non-hydrogen) atoms. The van der Waals surface area contributed by atoms with Gasteiger partial charge in [0.05, 0.1) is 12.3 Å². The minimum atomic E-state index is -0.665. The average molecular weight is 396 g/mol. The second-order valence-corrected chi connectivity index (χ2v) is 7.89. The molecule has 0 spiro atoms. The number of anilines is 1. The predicted molar refractivity (Wildman–Crippen MR) is 105 cm³/mol. The van der Waals surface area contributed by atoms with Gasteiger partial charge in [0, 0.05) is 44.4 Å². The maximum atomic E-state index is 13.2. The highest BCUT2D eigenvalue weighted by Gasteiger charge is 2.39. The Bertz CT molecular complexity index is 950. The molecule has 1 aromatic heterocycles. The van der Waals surface area contributed by atoms with Gasteiger partial charge in [0.1, 0.15) is 18.4 Å². The van der Waals surface area contributed by atoms with E-state index in [-0.39, 0.29) is 18.4 Å². The van der Waals surface area contributed by atoms with Crippen LogP contribution in [-0.2, 0) is 22.5 Å². The largest absolute Gasteiger partial charge is 0.489 e. The Morgan fingerprint density at radius 3 is 2.90 bits per heavy atom. The van der Waals surface area contributed by atoms with Gasteiger partial charge in [-0.25, -0.2) is 0 Å². The Balaban J connectivity index is 1.37. The van der Waals surface area contributed by atoms with Crippen molar-refractivity contribution in [3.05, 3.63) is 41.7 Å². The summed E-state index contributed by atoms with van der Waals surface area (Å²) in [6, 6.07) is 6.76. The van der Waals surface area contributed by atoms with Gasteiger partial charge in [-0.05, 0) is 25.0 Å². The molecule has 2 amide bonds. The molecule has 5 rings (SSSR count). The number of carbonyl (C=O) groups excluding carboxylic acids is 2. The van der Waals surface area contributed by atoms with Crippen LogP contribution >= 0.6 is 0 Å². The number of ether oxygens (including phenoxy) is 2. The van der Waals surface area contributed by atoms with E-state index in [0.717, 1.165) is 31.7 Å². The molecule has 152 valence electrons. The Morgan fingerprint density at radius 2 is 2.07 bits per heavy atom. The molecule has 3 aliphatic rings. The molecule has 0 N–H and O–H groups in total. The molecule has 0 bridgehead atoms. The summed E-state index contributed by atoms with van der Waals surface area (Å²) >= 11 is 0. The fraction of sp³-hybridized carbons (Fsp3) is 0.476. The molecule has 2 aromatic rings. The fourth-order valence-electron chi connectivity index (χ4n) is 4.35. The van der Waals surface area contributed by atoms with Crippen LogP contribution in [0, 0.1) is 5.92 Å². The van der Waals surface area contributed by atoms with Gasteiger partial charge in [-0.2, -0.15) is 5.10 Å². The van der Waals surface area contributed by atoms with Crippen LogP contribution in [0.4, 0.5) is 5.69 Å². The van der Waals surface area contributed by atoms with Gasteiger partial charge >= 0.3 is 0 Å². The zero-order chi connectivity index (χ0) is 20.0. The maximum absolute atomic E-state index is 13.2. The van der Waals surface area contributed by atoms with E-state index in [9.17, 15) is 9.59 Å². The number of benzene rings is 1. The van der Waals surface area contributed by atoms with E-state index in [0.29, 0.717) is 36.0 Å². The topological polar surface area (TPSA) is 76.9 Å². The summed E-state index contributed by atoms with van der Waals surface area (Å²) in [6.07, 6.45) is 3.67. The summed E-state index contributed by atoms with van der Waals surface area (Å²) in [4.78, 5) is 29.5. The molecule has 8 heteroatoms. The van der Waals surface area contributed by atoms with Crippen molar-refractivity contribution in [2.75, 3.05) is 38.3 Å². The van der Waals surface area contributed by atoms with Crippen molar-refractivity contribution in [1.82, 2.24) is 14.7 Å². The normalized spacial score (nSPS) is 24.2. The monoisotopic (exact) mass is 396 g/mol. The first kappa shape index (κ1) is 18.2. The number of fused-ring (bicyclic) bond motifs is 2. The molecule has 0 aliphatic carbocycles. The molecule has 3 aliphatic heterocycles. The van der Waals surface area contributed by atoms with Crippen LogP contribution in [0.15, 0.2) is 30.5 Å². The van der Waals surface area contributed by atoms with E-state index in [1.807, 2.05) is 35.1 Å².